The first-order chi connectivity index (χ1) is 7.68. The van der Waals surface area contributed by atoms with E-state index in [1.54, 1.807) is 0 Å². The predicted octanol–water partition coefficient (Wildman–Crippen LogP) is 2.49. The molecule has 0 heterocycles. The minimum absolute atomic E-state index is 0.0148. The Kier molecular flexibility index (Phi) is 3.39. The zero-order valence-corrected chi connectivity index (χ0v) is 9.73. The Hall–Kier alpha value is -1.15. The topological polar surface area (TPSA) is 43.1 Å². The SMILES string of the molecule is CC(N)C1CC(c2ccccc2)CCC1=O. The van der Waals surface area contributed by atoms with E-state index in [1.807, 2.05) is 13.0 Å². The number of hydrogen-bond donors (Lipinski definition) is 1. The molecule has 0 aliphatic heterocycles. The molecule has 0 aromatic heterocycles. The Bertz CT molecular complexity index is 358. The van der Waals surface area contributed by atoms with Crippen LogP contribution in [0.5, 0.6) is 0 Å². The fourth-order valence-corrected chi connectivity index (χ4v) is 2.59. The first kappa shape index (κ1) is 11.3. The van der Waals surface area contributed by atoms with Crippen molar-refractivity contribution in [3.63, 3.8) is 0 Å². The largest absolute Gasteiger partial charge is 0.327 e. The first-order valence-corrected chi connectivity index (χ1v) is 6.01. The van der Waals surface area contributed by atoms with E-state index in [4.69, 9.17) is 5.73 Å². The van der Waals surface area contributed by atoms with Crippen LogP contribution < -0.4 is 5.73 Å². The molecule has 0 amide bonds. The van der Waals surface area contributed by atoms with E-state index in [1.165, 1.54) is 5.56 Å². The van der Waals surface area contributed by atoms with Crippen LogP contribution in [0.3, 0.4) is 0 Å². The van der Waals surface area contributed by atoms with Gasteiger partial charge in [-0.3, -0.25) is 4.79 Å². The van der Waals surface area contributed by atoms with Crippen molar-refractivity contribution < 1.29 is 4.79 Å². The fraction of sp³-hybridized carbons (Fsp3) is 0.500. The molecule has 2 N–H and O–H groups in total. The summed E-state index contributed by atoms with van der Waals surface area (Å²) in [6.07, 6.45) is 2.58. The summed E-state index contributed by atoms with van der Waals surface area (Å²) in [7, 11) is 0. The third-order valence-corrected chi connectivity index (χ3v) is 3.60. The van der Waals surface area contributed by atoms with Gasteiger partial charge in [-0.2, -0.15) is 0 Å². The maximum absolute atomic E-state index is 11.7. The van der Waals surface area contributed by atoms with Crippen molar-refractivity contribution in [1.82, 2.24) is 0 Å². The number of benzene rings is 1. The number of nitrogens with two attached hydrogens (primary N) is 1. The van der Waals surface area contributed by atoms with Gasteiger partial charge in [-0.15, -0.1) is 0 Å². The van der Waals surface area contributed by atoms with Gasteiger partial charge in [0.2, 0.25) is 0 Å². The molecule has 0 radical (unpaired) electrons. The first-order valence-electron chi connectivity index (χ1n) is 6.01. The van der Waals surface area contributed by atoms with Gasteiger partial charge in [-0.05, 0) is 31.2 Å². The van der Waals surface area contributed by atoms with Gasteiger partial charge in [0.1, 0.15) is 5.78 Å². The van der Waals surface area contributed by atoms with Crippen molar-refractivity contribution >= 4 is 5.78 Å². The molecule has 2 heteroatoms. The van der Waals surface area contributed by atoms with Gasteiger partial charge in [0.15, 0.2) is 0 Å². The highest BCUT2D eigenvalue weighted by atomic mass is 16.1. The molecule has 86 valence electrons. The molecule has 1 fully saturated rings. The monoisotopic (exact) mass is 217 g/mol. The highest BCUT2D eigenvalue weighted by Gasteiger charge is 2.31. The maximum atomic E-state index is 11.7. The van der Waals surface area contributed by atoms with Gasteiger partial charge in [-0.1, -0.05) is 30.3 Å². The fourth-order valence-electron chi connectivity index (χ4n) is 2.59. The number of Topliss-reactive ketones (excluding diaryl/α,β-unsaturated/α-hetero) is 1. The van der Waals surface area contributed by atoms with Crippen molar-refractivity contribution in [3.05, 3.63) is 35.9 Å². The predicted molar refractivity (Wildman–Crippen MR) is 65.2 cm³/mol. The summed E-state index contributed by atoms with van der Waals surface area (Å²) < 4.78 is 0. The Balaban J connectivity index is 2.12. The Morgan fingerprint density at radius 1 is 1.31 bits per heavy atom. The van der Waals surface area contributed by atoms with E-state index in [9.17, 15) is 4.79 Å². The van der Waals surface area contributed by atoms with Gasteiger partial charge in [-0.25, -0.2) is 0 Å². The average molecular weight is 217 g/mol. The molecule has 2 rings (SSSR count). The molecule has 3 atom stereocenters. The third-order valence-electron chi connectivity index (χ3n) is 3.60. The second kappa shape index (κ2) is 4.79. The molecule has 16 heavy (non-hydrogen) atoms. The summed E-state index contributed by atoms with van der Waals surface area (Å²) in [6, 6.07) is 10.4. The van der Waals surface area contributed by atoms with E-state index in [2.05, 4.69) is 24.3 Å². The van der Waals surface area contributed by atoms with Crippen LogP contribution in [0, 0.1) is 5.92 Å². The summed E-state index contributed by atoms with van der Waals surface area (Å²) in [4.78, 5) is 11.7. The van der Waals surface area contributed by atoms with Crippen LogP contribution in [-0.4, -0.2) is 11.8 Å². The summed E-state index contributed by atoms with van der Waals surface area (Å²) in [6.45, 7) is 1.94. The van der Waals surface area contributed by atoms with Gasteiger partial charge in [0.05, 0.1) is 0 Å². The summed E-state index contributed by atoms with van der Waals surface area (Å²) in [5.41, 5.74) is 7.22. The van der Waals surface area contributed by atoms with Crippen molar-refractivity contribution in [2.45, 2.75) is 38.1 Å². The number of rotatable bonds is 2. The van der Waals surface area contributed by atoms with Crippen molar-refractivity contribution in [3.8, 4) is 0 Å². The van der Waals surface area contributed by atoms with Gasteiger partial charge in [0, 0.05) is 18.4 Å². The quantitative estimate of drug-likeness (QED) is 0.827. The molecule has 0 spiro atoms. The molecular formula is C14H19NO. The van der Waals surface area contributed by atoms with E-state index in [0.29, 0.717) is 18.1 Å². The van der Waals surface area contributed by atoms with Crippen LogP contribution >= 0.6 is 0 Å². The zero-order chi connectivity index (χ0) is 11.5. The van der Waals surface area contributed by atoms with Crippen LogP contribution in [-0.2, 0) is 4.79 Å². The summed E-state index contributed by atoms with van der Waals surface area (Å²) in [5, 5.41) is 0. The molecule has 1 aromatic carbocycles. The summed E-state index contributed by atoms with van der Waals surface area (Å²) in [5.74, 6) is 0.913. The van der Waals surface area contributed by atoms with E-state index in [0.717, 1.165) is 12.8 Å². The zero-order valence-electron chi connectivity index (χ0n) is 9.73. The van der Waals surface area contributed by atoms with Crippen LogP contribution in [0.15, 0.2) is 30.3 Å². The lowest BCUT2D eigenvalue weighted by atomic mass is 9.75. The van der Waals surface area contributed by atoms with Crippen LogP contribution in [0.2, 0.25) is 0 Å². The Morgan fingerprint density at radius 2 is 2.00 bits per heavy atom. The molecule has 1 aliphatic rings. The lowest BCUT2D eigenvalue weighted by Gasteiger charge is -2.30. The normalized spacial score (nSPS) is 27.8. The van der Waals surface area contributed by atoms with Gasteiger partial charge < -0.3 is 5.73 Å². The minimum Gasteiger partial charge on any atom is -0.327 e. The molecule has 1 saturated carbocycles. The lowest BCUT2D eigenvalue weighted by Crippen LogP contribution is -2.37. The van der Waals surface area contributed by atoms with E-state index >= 15 is 0 Å². The molecule has 1 aliphatic carbocycles. The second-order valence-electron chi connectivity index (χ2n) is 4.81. The standard InChI is InChI=1S/C14H19NO/c1-10(15)13-9-12(7-8-14(13)16)11-5-3-2-4-6-11/h2-6,10,12-13H,7-9,15H2,1H3. The number of hydrogen-bond acceptors (Lipinski definition) is 2. The van der Waals surface area contributed by atoms with Crippen LogP contribution in [0.4, 0.5) is 0 Å². The van der Waals surface area contributed by atoms with Crippen LogP contribution in [0.25, 0.3) is 0 Å². The molecule has 2 nitrogen and oxygen atoms in total. The van der Waals surface area contributed by atoms with E-state index < -0.39 is 0 Å². The Morgan fingerprint density at radius 3 is 2.62 bits per heavy atom. The molecule has 3 unspecified atom stereocenters. The second-order valence-corrected chi connectivity index (χ2v) is 4.81. The van der Waals surface area contributed by atoms with Crippen LogP contribution in [0.1, 0.15) is 37.7 Å². The highest BCUT2D eigenvalue weighted by molar-refractivity contribution is 5.82. The van der Waals surface area contributed by atoms with Gasteiger partial charge >= 0.3 is 0 Å². The highest BCUT2D eigenvalue weighted by Crippen LogP contribution is 2.35. The molecule has 1 aromatic rings. The van der Waals surface area contributed by atoms with Crippen molar-refractivity contribution in [2.75, 3.05) is 0 Å². The van der Waals surface area contributed by atoms with Crippen molar-refractivity contribution in [2.24, 2.45) is 11.7 Å². The average Bonchev–Trinajstić information content (AvgIpc) is 2.30. The maximum Gasteiger partial charge on any atom is 0.137 e. The minimum atomic E-state index is -0.0148. The Labute approximate surface area is 96.8 Å². The smallest absolute Gasteiger partial charge is 0.137 e. The molecular weight excluding hydrogens is 198 g/mol. The number of carbonyl (C=O) groups excluding carboxylic acids is 1. The number of carbonyl (C=O) groups is 1. The van der Waals surface area contributed by atoms with Gasteiger partial charge in [0.25, 0.3) is 0 Å². The molecule has 0 bridgehead atoms. The van der Waals surface area contributed by atoms with Crippen molar-refractivity contribution in [1.29, 1.82) is 0 Å². The lowest BCUT2D eigenvalue weighted by molar-refractivity contribution is -0.125. The van der Waals surface area contributed by atoms with E-state index in [-0.39, 0.29) is 12.0 Å². The molecule has 0 saturated heterocycles. The third kappa shape index (κ3) is 2.33. The number of ketones is 1. The summed E-state index contributed by atoms with van der Waals surface area (Å²) >= 11 is 0.